The van der Waals surface area contributed by atoms with Crippen molar-refractivity contribution < 1.29 is 4.79 Å². The number of hydrogen-bond donors (Lipinski definition) is 2. The van der Waals surface area contributed by atoms with Gasteiger partial charge in [0.2, 0.25) is 5.91 Å². The van der Waals surface area contributed by atoms with E-state index in [0.717, 1.165) is 25.4 Å². The quantitative estimate of drug-likeness (QED) is 0.643. The highest BCUT2D eigenvalue weighted by Crippen LogP contribution is 2.33. The smallest absolute Gasteiger partial charge is 0.221 e. The van der Waals surface area contributed by atoms with Gasteiger partial charge in [-0.25, -0.2) is 0 Å². The summed E-state index contributed by atoms with van der Waals surface area (Å²) < 4.78 is 0. The van der Waals surface area contributed by atoms with Gasteiger partial charge in [-0.1, -0.05) is 19.8 Å². The Balaban J connectivity index is 1.92. The van der Waals surface area contributed by atoms with Gasteiger partial charge in [0.15, 0.2) is 0 Å². The molecule has 0 aromatic heterocycles. The van der Waals surface area contributed by atoms with E-state index in [-0.39, 0.29) is 5.91 Å². The maximum atomic E-state index is 11.3. The van der Waals surface area contributed by atoms with Crippen LogP contribution in [0.3, 0.4) is 0 Å². The van der Waals surface area contributed by atoms with Gasteiger partial charge in [0.25, 0.3) is 0 Å². The molecule has 0 heterocycles. The molecule has 1 rings (SSSR count). The van der Waals surface area contributed by atoms with Crippen LogP contribution in [0.15, 0.2) is 0 Å². The van der Waals surface area contributed by atoms with E-state index in [1.807, 2.05) is 0 Å². The highest BCUT2D eigenvalue weighted by Gasteiger charge is 2.23. The average Bonchev–Trinajstić information content (AvgIpc) is 2.98. The predicted octanol–water partition coefficient (Wildman–Crippen LogP) is 1.68. The lowest BCUT2D eigenvalue weighted by atomic mass is 10.1. The standard InChI is InChI=1S/C12H24N2O/c1-3-7-14-12(15)6-8-13-10(2)9-11-4-5-11/h10-11,13H,3-9H2,1-2H3,(H,14,15). The highest BCUT2D eigenvalue weighted by atomic mass is 16.1. The summed E-state index contributed by atoms with van der Waals surface area (Å²) in [6.45, 7) is 5.89. The molecule has 0 aromatic rings. The molecule has 88 valence electrons. The summed E-state index contributed by atoms with van der Waals surface area (Å²) in [7, 11) is 0. The minimum absolute atomic E-state index is 0.169. The zero-order valence-electron chi connectivity index (χ0n) is 10.0. The van der Waals surface area contributed by atoms with Gasteiger partial charge in [-0.2, -0.15) is 0 Å². The molecule has 0 aromatic carbocycles. The lowest BCUT2D eigenvalue weighted by molar-refractivity contribution is -0.121. The van der Waals surface area contributed by atoms with Gasteiger partial charge in [0.05, 0.1) is 0 Å². The fourth-order valence-corrected chi connectivity index (χ4v) is 1.72. The van der Waals surface area contributed by atoms with Gasteiger partial charge in [-0.05, 0) is 25.7 Å². The van der Waals surface area contributed by atoms with E-state index in [1.54, 1.807) is 0 Å². The third kappa shape index (κ3) is 6.50. The summed E-state index contributed by atoms with van der Waals surface area (Å²) in [6.07, 6.45) is 5.70. The molecule has 1 fully saturated rings. The summed E-state index contributed by atoms with van der Waals surface area (Å²) in [5.74, 6) is 1.13. The summed E-state index contributed by atoms with van der Waals surface area (Å²) in [5, 5.41) is 6.28. The van der Waals surface area contributed by atoms with E-state index >= 15 is 0 Å². The van der Waals surface area contributed by atoms with Crippen LogP contribution in [0.5, 0.6) is 0 Å². The Labute approximate surface area is 93.0 Å². The minimum atomic E-state index is 0.169. The molecule has 0 bridgehead atoms. The van der Waals surface area contributed by atoms with Crippen molar-refractivity contribution in [2.45, 2.75) is 52.0 Å². The first kappa shape index (κ1) is 12.5. The Hall–Kier alpha value is -0.570. The summed E-state index contributed by atoms with van der Waals surface area (Å²) in [5.41, 5.74) is 0. The highest BCUT2D eigenvalue weighted by molar-refractivity contribution is 5.75. The normalized spacial score (nSPS) is 17.5. The molecule has 15 heavy (non-hydrogen) atoms. The predicted molar refractivity (Wildman–Crippen MR) is 62.7 cm³/mol. The Morgan fingerprint density at radius 3 is 2.73 bits per heavy atom. The number of carbonyl (C=O) groups excluding carboxylic acids is 1. The fraction of sp³-hybridized carbons (Fsp3) is 0.917. The topological polar surface area (TPSA) is 41.1 Å². The second-order valence-electron chi connectivity index (χ2n) is 4.63. The number of amides is 1. The van der Waals surface area contributed by atoms with Crippen molar-refractivity contribution in [3.63, 3.8) is 0 Å². The van der Waals surface area contributed by atoms with Crippen LogP contribution >= 0.6 is 0 Å². The number of nitrogens with one attached hydrogen (secondary N) is 2. The molecule has 0 saturated heterocycles. The van der Waals surface area contributed by atoms with Gasteiger partial charge < -0.3 is 10.6 Å². The molecule has 3 nitrogen and oxygen atoms in total. The van der Waals surface area contributed by atoms with Crippen LogP contribution in [0.4, 0.5) is 0 Å². The van der Waals surface area contributed by atoms with E-state index in [1.165, 1.54) is 19.3 Å². The van der Waals surface area contributed by atoms with E-state index in [0.29, 0.717) is 12.5 Å². The molecule has 1 amide bonds. The van der Waals surface area contributed by atoms with Crippen molar-refractivity contribution in [1.82, 2.24) is 10.6 Å². The Kier molecular flexibility index (Phi) is 5.69. The lowest BCUT2D eigenvalue weighted by Gasteiger charge is -2.12. The molecule has 1 atom stereocenters. The molecule has 3 heteroatoms. The van der Waals surface area contributed by atoms with Crippen LogP contribution < -0.4 is 10.6 Å². The summed E-state index contributed by atoms with van der Waals surface area (Å²) in [4.78, 5) is 11.3. The second-order valence-corrected chi connectivity index (χ2v) is 4.63. The summed E-state index contributed by atoms with van der Waals surface area (Å²) >= 11 is 0. The Morgan fingerprint density at radius 2 is 2.13 bits per heavy atom. The third-order valence-corrected chi connectivity index (χ3v) is 2.80. The Bertz CT molecular complexity index is 190. The molecule has 0 aliphatic heterocycles. The molecule has 1 saturated carbocycles. The summed E-state index contributed by atoms with van der Waals surface area (Å²) in [6, 6.07) is 0.566. The molecular formula is C12H24N2O. The number of hydrogen-bond acceptors (Lipinski definition) is 2. The number of carbonyl (C=O) groups is 1. The molecule has 0 radical (unpaired) electrons. The zero-order valence-corrected chi connectivity index (χ0v) is 10.0. The number of rotatable bonds is 8. The van der Waals surface area contributed by atoms with Crippen molar-refractivity contribution in [2.24, 2.45) is 5.92 Å². The van der Waals surface area contributed by atoms with Crippen LogP contribution in [0.1, 0.15) is 46.0 Å². The fourth-order valence-electron chi connectivity index (χ4n) is 1.72. The van der Waals surface area contributed by atoms with Gasteiger partial charge in [-0.3, -0.25) is 4.79 Å². The minimum Gasteiger partial charge on any atom is -0.356 e. The van der Waals surface area contributed by atoms with E-state index < -0.39 is 0 Å². The van der Waals surface area contributed by atoms with E-state index in [2.05, 4.69) is 24.5 Å². The first-order chi connectivity index (χ1) is 7.22. The van der Waals surface area contributed by atoms with Gasteiger partial charge >= 0.3 is 0 Å². The monoisotopic (exact) mass is 212 g/mol. The van der Waals surface area contributed by atoms with Gasteiger partial charge in [-0.15, -0.1) is 0 Å². The average molecular weight is 212 g/mol. The van der Waals surface area contributed by atoms with Crippen molar-refractivity contribution >= 4 is 5.91 Å². The first-order valence-electron chi connectivity index (χ1n) is 6.22. The lowest BCUT2D eigenvalue weighted by Crippen LogP contribution is -2.32. The maximum Gasteiger partial charge on any atom is 0.221 e. The van der Waals surface area contributed by atoms with Crippen molar-refractivity contribution in [3.8, 4) is 0 Å². The van der Waals surface area contributed by atoms with Crippen molar-refractivity contribution in [3.05, 3.63) is 0 Å². The zero-order chi connectivity index (χ0) is 11.1. The van der Waals surface area contributed by atoms with E-state index in [4.69, 9.17) is 0 Å². The van der Waals surface area contributed by atoms with Crippen LogP contribution in [-0.4, -0.2) is 25.0 Å². The van der Waals surface area contributed by atoms with E-state index in [9.17, 15) is 4.79 Å². The maximum absolute atomic E-state index is 11.3. The van der Waals surface area contributed by atoms with Crippen LogP contribution in [0, 0.1) is 5.92 Å². The van der Waals surface area contributed by atoms with Gasteiger partial charge in [0.1, 0.15) is 0 Å². The van der Waals surface area contributed by atoms with Crippen molar-refractivity contribution in [1.29, 1.82) is 0 Å². The SMILES string of the molecule is CCCNC(=O)CCNC(C)CC1CC1. The van der Waals surface area contributed by atoms with Gasteiger partial charge in [0, 0.05) is 25.6 Å². The molecule has 0 spiro atoms. The largest absolute Gasteiger partial charge is 0.356 e. The Morgan fingerprint density at radius 1 is 1.40 bits per heavy atom. The molecule has 1 aliphatic carbocycles. The van der Waals surface area contributed by atoms with Crippen LogP contribution in [0.25, 0.3) is 0 Å². The third-order valence-electron chi connectivity index (χ3n) is 2.80. The second kappa shape index (κ2) is 6.83. The molecular weight excluding hydrogens is 188 g/mol. The molecule has 1 unspecified atom stereocenters. The molecule has 2 N–H and O–H groups in total. The first-order valence-corrected chi connectivity index (χ1v) is 6.22. The van der Waals surface area contributed by atoms with Crippen LogP contribution in [0.2, 0.25) is 0 Å². The molecule has 1 aliphatic rings. The van der Waals surface area contributed by atoms with Crippen molar-refractivity contribution in [2.75, 3.05) is 13.1 Å². The van der Waals surface area contributed by atoms with Crippen LogP contribution in [-0.2, 0) is 4.79 Å².